The third-order valence-electron chi connectivity index (χ3n) is 2.51. The fraction of sp³-hybridized carbons (Fsp3) is 0.462. The first kappa shape index (κ1) is 12.5. The van der Waals surface area contributed by atoms with Gasteiger partial charge in [-0.3, -0.25) is 0 Å². The largest absolute Gasteiger partial charge is 0.491 e. The van der Waals surface area contributed by atoms with E-state index in [9.17, 15) is 4.79 Å². The number of amides is 1. The highest BCUT2D eigenvalue weighted by molar-refractivity contribution is 5.69. The molecule has 0 saturated carbocycles. The van der Waals surface area contributed by atoms with E-state index in [2.05, 4.69) is 5.32 Å². The van der Waals surface area contributed by atoms with Crippen molar-refractivity contribution in [3.8, 4) is 5.75 Å². The Bertz CT molecular complexity index is 466. The Balaban J connectivity index is 2.04. The monoisotopic (exact) mass is 250 g/mol. The van der Waals surface area contributed by atoms with E-state index in [4.69, 9.17) is 15.2 Å². The topological polar surface area (TPSA) is 73.6 Å². The second kappa shape index (κ2) is 4.40. The summed E-state index contributed by atoms with van der Waals surface area (Å²) in [6.07, 6.45) is -0.444. The van der Waals surface area contributed by atoms with Gasteiger partial charge in [-0.2, -0.15) is 0 Å². The summed E-state index contributed by atoms with van der Waals surface area (Å²) in [6, 6.07) is 5.22. The molecule has 3 N–H and O–H groups in total. The van der Waals surface area contributed by atoms with Crippen LogP contribution in [0.25, 0.3) is 0 Å². The first-order chi connectivity index (χ1) is 8.35. The van der Waals surface area contributed by atoms with E-state index in [1.165, 1.54) is 0 Å². The second-order valence-corrected chi connectivity index (χ2v) is 5.31. The summed E-state index contributed by atoms with van der Waals surface area (Å²) in [7, 11) is 0. The molecule has 98 valence electrons. The Hall–Kier alpha value is -1.91. The number of anilines is 1. The summed E-state index contributed by atoms with van der Waals surface area (Å²) < 4.78 is 10.7. The van der Waals surface area contributed by atoms with E-state index in [-0.39, 0.29) is 6.04 Å². The maximum Gasteiger partial charge on any atom is 0.408 e. The number of nitrogens with two attached hydrogens (primary N) is 1. The third-order valence-corrected chi connectivity index (χ3v) is 2.51. The number of alkyl carbamates (subject to hydrolysis) is 1. The van der Waals surface area contributed by atoms with Gasteiger partial charge in [-0.1, -0.05) is 6.07 Å². The summed E-state index contributed by atoms with van der Waals surface area (Å²) in [5, 5.41) is 2.78. The van der Waals surface area contributed by atoms with Gasteiger partial charge in [0.25, 0.3) is 0 Å². The third kappa shape index (κ3) is 2.85. The molecule has 1 amide bonds. The quantitative estimate of drug-likeness (QED) is 0.749. The molecule has 5 nitrogen and oxygen atoms in total. The van der Waals surface area contributed by atoms with Crippen molar-refractivity contribution in [2.45, 2.75) is 32.4 Å². The minimum atomic E-state index is -0.506. The highest BCUT2D eigenvalue weighted by atomic mass is 16.6. The van der Waals surface area contributed by atoms with Crippen LogP contribution in [0.5, 0.6) is 5.75 Å². The van der Waals surface area contributed by atoms with Crippen molar-refractivity contribution in [2.24, 2.45) is 0 Å². The van der Waals surface area contributed by atoms with Gasteiger partial charge in [0.1, 0.15) is 18.0 Å². The number of fused-ring (bicyclic) bond motifs is 1. The molecular weight excluding hydrogens is 232 g/mol. The molecule has 5 heteroatoms. The summed E-state index contributed by atoms with van der Waals surface area (Å²) in [6.45, 7) is 5.88. The first-order valence-electron chi connectivity index (χ1n) is 5.87. The molecule has 1 aliphatic heterocycles. The maximum atomic E-state index is 11.7. The minimum absolute atomic E-state index is 0.185. The fourth-order valence-corrected chi connectivity index (χ4v) is 1.80. The van der Waals surface area contributed by atoms with Crippen LogP contribution in [0.4, 0.5) is 10.5 Å². The molecule has 0 unspecified atom stereocenters. The van der Waals surface area contributed by atoms with Crippen molar-refractivity contribution in [2.75, 3.05) is 12.3 Å². The molecule has 0 spiro atoms. The Labute approximate surface area is 106 Å². The number of nitrogen functional groups attached to an aromatic ring is 1. The molecule has 2 rings (SSSR count). The van der Waals surface area contributed by atoms with Gasteiger partial charge in [0.2, 0.25) is 0 Å². The van der Waals surface area contributed by atoms with Crippen LogP contribution in [0.1, 0.15) is 32.4 Å². The molecule has 0 bridgehead atoms. The molecule has 1 aromatic carbocycles. The molecule has 0 aromatic heterocycles. The van der Waals surface area contributed by atoms with E-state index in [0.29, 0.717) is 12.3 Å². The average Bonchev–Trinajstić information content (AvgIpc) is 2.57. The van der Waals surface area contributed by atoms with Gasteiger partial charge in [0.05, 0.1) is 6.04 Å². The van der Waals surface area contributed by atoms with Crippen molar-refractivity contribution >= 4 is 11.8 Å². The molecule has 1 aliphatic rings. The van der Waals surface area contributed by atoms with Crippen molar-refractivity contribution < 1.29 is 14.3 Å². The number of hydrogen-bond donors (Lipinski definition) is 2. The number of ether oxygens (including phenoxy) is 2. The van der Waals surface area contributed by atoms with Crippen LogP contribution in [0, 0.1) is 0 Å². The van der Waals surface area contributed by atoms with E-state index >= 15 is 0 Å². The molecule has 1 heterocycles. The lowest BCUT2D eigenvalue weighted by Gasteiger charge is -2.21. The second-order valence-electron chi connectivity index (χ2n) is 5.31. The van der Waals surface area contributed by atoms with Gasteiger partial charge in [0, 0.05) is 17.3 Å². The molecule has 1 atom stereocenters. The van der Waals surface area contributed by atoms with E-state index in [1.807, 2.05) is 26.8 Å². The molecule has 1 aromatic rings. The number of carbonyl (C=O) groups excluding carboxylic acids is 1. The number of nitrogens with one attached hydrogen (secondary N) is 1. The maximum absolute atomic E-state index is 11.7. The lowest BCUT2D eigenvalue weighted by atomic mass is 10.1. The predicted octanol–water partition coefficient (Wildman–Crippen LogP) is 2.23. The molecule has 0 fully saturated rings. The smallest absolute Gasteiger partial charge is 0.408 e. The predicted molar refractivity (Wildman–Crippen MR) is 68.5 cm³/mol. The van der Waals surface area contributed by atoms with Crippen molar-refractivity contribution in [3.05, 3.63) is 23.8 Å². The highest BCUT2D eigenvalue weighted by Gasteiger charge is 2.27. The lowest BCUT2D eigenvalue weighted by Crippen LogP contribution is -2.35. The zero-order chi connectivity index (χ0) is 13.3. The van der Waals surface area contributed by atoms with Crippen molar-refractivity contribution in [1.29, 1.82) is 0 Å². The van der Waals surface area contributed by atoms with Crippen LogP contribution in [0.15, 0.2) is 18.2 Å². The SMILES string of the molecule is CC(C)(C)OC(=O)N[C@@H]1COc2cc(N)ccc21. The molecule has 0 saturated heterocycles. The molecule has 18 heavy (non-hydrogen) atoms. The summed E-state index contributed by atoms with van der Waals surface area (Å²) in [5.74, 6) is 0.719. The lowest BCUT2D eigenvalue weighted by molar-refractivity contribution is 0.0497. The summed E-state index contributed by atoms with van der Waals surface area (Å²) >= 11 is 0. The minimum Gasteiger partial charge on any atom is -0.491 e. The highest BCUT2D eigenvalue weighted by Crippen LogP contribution is 2.33. The van der Waals surface area contributed by atoms with Gasteiger partial charge in [-0.05, 0) is 26.8 Å². The summed E-state index contributed by atoms with van der Waals surface area (Å²) in [4.78, 5) is 11.7. The fourth-order valence-electron chi connectivity index (χ4n) is 1.80. The Morgan fingerprint density at radius 1 is 1.50 bits per heavy atom. The van der Waals surface area contributed by atoms with Gasteiger partial charge in [-0.25, -0.2) is 4.79 Å². The van der Waals surface area contributed by atoms with E-state index in [0.717, 1.165) is 11.3 Å². The Morgan fingerprint density at radius 3 is 2.89 bits per heavy atom. The van der Waals surface area contributed by atoms with Gasteiger partial charge >= 0.3 is 6.09 Å². The summed E-state index contributed by atoms with van der Waals surface area (Å²) in [5.41, 5.74) is 6.73. The van der Waals surface area contributed by atoms with Gasteiger partial charge in [-0.15, -0.1) is 0 Å². The van der Waals surface area contributed by atoms with Crippen LogP contribution in [0.3, 0.4) is 0 Å². The van der Waals surface area contributed by atoms with E-state index < -0.39 is 11.7 Å². The van der Waals surface area contributed by atoms with Crippen LogP contribution >= 0.6 is 0 Å². The number of carbonyl (C=O) groups is 1. The van der Waals surface area contributed by atoms with E-state index in [1.54, 1.807) is 12.1 Å². The average molecular weight is 250 g/mol. The first-order valence-corrected chi connectivity index (χ1v) is 5.87. The van der Waals surface area contributed by atoms with Crippen LogP contribution in [-0.4, -0.2) is 18.3 Å². The molecular formula is C13H18N2O3. The Morgan fingerprint density at radius 2 is 2.22 bits per heavy atom. The Kier molecular flexibility index (Phi) is 3.07. The van der Waals surface area contributed by atoms with Gasteiger partial charge < -0.3 is 20.5 Å². The van der Waals surface area contributed by atoms with Crippen LogP contribution in [0.2, 0.25) is 0 Å². The number of hydrogen-bond acceptors (Lipinski definition) is 4. The zero-order valence-corrected chi connectivity index (χ0v) is 10.8. The standard InChI is InChI=1S/C13H18N2O3/c1-13(2,3)18-12(16)15-10-7-17-11-6-8(14)4-5-9(10)11/h4-6,10H,7,14H2,1-3H3,(H,15,16)/t10-/m1/s1. The number of benzene rings is 1. The van der Waals surface area contributed by atoms with Crippen LogP contribution < -0.4 is 15.8 Å². The normalized spacial score (nSPS) is 17.8. The zero-order valence-electron chi connectivity index (χ0n) is 10.8. The molecule has 0 aliphatic carbocycles. The van der Waals surface area contributed by atoms with Crippen molar-refractivity contribution in [3.63, 3.8) is 0 Å². The molecule has 0 radical (unpaired) electrons. The number of rotatable bonds is 1. The van der Waals surface area contributed by atoms with Crippen LogP contribution in [-0.2, 0) is 4.74 Å². The van der Waals surface area contributed by atoms with Crippen molar-refractivity contribution in [1.82, 2.24) is 5.32 Å². The van der Waals surface area contributed by atoms with Gasteiger partial charge in [0.15, 0.2) is 0 Å².